The molecule has 0 aliphatic rings. The molecule has 1 aromatic rings. The van der Waals surface area contributed by atoms with Crippen LogP contribution < -0.4 is 5.73 Å². The Hall–Kier alpha value is -0.400. The number of nitrogens with two attached hydrogens (primary N) is 1. The van der Waals surface area contributed by atoms with Crippen LogP contribution in [0.5, 0.6) is 0 Å². The Balaban J connectivity index is 0. The monoisotopic (exact) mass is 221 g/mol. The highest BCUT2D eigenvalue weighted by Gasteiger charge is 1.72. The summed E-state index contributed by atoms with van der Waals surface area (Å²) >= 11 is 10.1. The van der Waals surface area contributed by atoms with Crippen molar-refractivity contribution in [3.63, 3.8) is 0 Å². The van der Waals surface area contributed by atoms with Crippen molar-refractivity contribution in [3.05, 3.63) is 30.3 Å². The number of halogens is 2. The zero-order valence-electron chi connectivity index (χ0n) is 8.13. The van der Waals surface area contributed by atoms with Crippen LogP contribution in [0.2, 0.25) is 0 Å². The number of hydrogen-bond acceptors (Lipinski definition) is 1. The van der Waals surface area contributed by atoms with Gasteiger partial charge in [0.1, 0.15) is 0 Å². The normalized spacial score (nSPS) is 7.38. The molecule has 1 rings (SSSR count). The highest BCUT2D eigenvalue weighted by molar-refractivity contribution is 6.25. The van der Waals surface area contributed by atoms with Gasteiger partial charge >= 0.3 is 0 Å². The van der Waals surface area contributed by atoms with E-state index in [1.807, 2.05) is 44.2 Å². The second-order valence-corrected chi connectivity index (χ2v) is 2.54. The fourth-order valence-corrected chi connectivity index (χ4v) is 0.453. The fraction of sp³-hybridized carbons (Fsp3) is 0.400. The van der Waals surface area contributed by atoms with E-state index in [4.69, 9.17) is 28.9 Å². The van der Waals surface area contributed by atoms with Crippen molar-refractivity contribution in [2.45, 2.75) is 13.8 Å². The van der Waals surface area contributed by atoms with E-state index < -0.39 is 0 Å². The minimum atomic E-state index is 0.557. The third-order valence-electron chi connectivity index (χ3n) is 0.871. The second-order valence-electron chi connectivity index (χ2n) is 1.79. The van der Waals surface area contributed by atoms with Crippen molar-refractivity contribution in [2.75, 3.05) is 17.5 Å². The number of para-hydroxylation sites is 1. The Labute approximate surface area is 90.8 Å². The van der Waals surface area contributed by atoms with Crippen LogP contribution in [-0.4, -0.2) is 11.8 Å². The van der Waals surface area contributed by atoms with Gasteiger partial charge in [0.2, 0.25) is 0 Å². The summed E-state index contributed by atoms with van der Waals surface area (Å²) in [6, 6.07) is 9.49. The smallest absolute Gasteiger partial charge is 0.0359 e. The van der Waals surface area contributed by atoms with E-state index in [2.05, 4.69) is 0 Å². The molecule has 0 saturated carbocycles. The van der Waals surface area contributed by atoms with Crippen LogP contribution in [0, 0.1) is 0 Å². The highest BCUT2D eigenvalue weighted by atomic mass is 35.5. The molecule has 13 heavy (non-hydrogen) atoms. The number of rotatable bonds is 1. The number of anilines is 1. The molecule has 0 radical (unpaired) electrons. The first-order valence-electron chi connectivity index (χ1n) is 4.23. The maximum atomic E-state index is 5.36. The van der Waals surface area contributed by atoms with Crippen LogP contribution in [0.1, 0.15) is 13.8 Å². The molecule has 0 saturated heterocycles. The van der Waals surface area contributed by atoms with Crippen molar-refractivity contribution < 1.29 is 0 Å². The minimum absolute atomic E-state index is 0.557. The van der Waals surface area contributed by atoms with E-state index in [-0.39, 0.29) is 0 Å². The molecule has 0 fully saturated rings. The van der Waals surface area contributed by atoms with Crippen LogP contribution in [0.4, 0.5) is 5.69 Å². The number of benzene rings is 1. The molecule has 0 aromatic heterocycles. The van der Waals surface area contributed by atoms with Gasteiger partial charge in [-0.3, -0.25) is 0 Å². The molecule has 0 amide bonds. The van der Waals surface area contributed by atoms with E-state index in [1.54, 1.807) is 0 Å². The summed E-state index contributed by atoms with van der Waals surface area (Å²) in [6.07, 6.45) is 0. The van der Waals surface area contributed by atoms with E-state index in [9.17, 15) is 0 Å². The summed E-state index contributed by atoms with van der Waals surface area (Å²) < 4.78 is 0. The van der Waals surface area contributed by atoms with E-state index in [1.165, 1.54) is 0 Å². The van der Waals surface area contributed by atoms with E-state index in [0.29, 0.717) is 11.8 Å². The Bertz CT molecular complexity index is 164. The third kappa shape index (κ3) is 14.5. The molecule has 0 atom stereocenters. The van der Waals surface area contributed by atoms with Gasteiger partial charge in [0.25, 0.3) is 0 Å². The van der Waals surface area contributed by atoms with Crippen LogP contribution in [0.3, 0.4) is 0 Å². The Kier molecular flexibility index (Phi) is 16.4. The van der Waals surface area contributed by atoms with E-state index >= 15 is 0 Å². The molecule has 2 N–H and O–H groups in total. The number of nitrogen functional groups attached to an aromatic ring is 1. The standard InChI is InChI=1S/C6H7N.C2H4Cl2.C2H6/c7-6-4-2-1-3-5-6;3-1-2-4;1-2/h1-5H,7H2;1-2H2;1-2H3. The Morgan fingerprint density at radius 2 is 1.38 bits per heavy atom. The molecular formula is C10H17Cl2N. The fourth-order valence-electron chi connectivity index (χ4n) is 0.453. The van der Waals surface area contributed by atoms with Crippen molar-refractivity contribution in [1.29, 1.82) is 0 Å². The van der Waals surface area contributed by atoms with Crippen LogP contribution in [0.25, 0.3) is 0 Å². The first-order chi connectivity index (χ1) is 6.31. The number of hydrogen-bond donors (Lipinski definition) is 1. The molecule has 0 aliphatic heterocycles. The van der Waals surface area contributed by atoms with Gasteiger partial charge in [-0.15, -0.1) is 23.2 Å². The molecule has 0 unspecified atom stereocenters. The van der Waals surface area contributed by atoms with Gasteiger partial charge < -0.3 is 5.73 Å². The summed E-state index contributed by atoms with van der Waals surface area (Å²) in [5.74, 6) is 1.11. The summed E-state index contributed by atoms with van der Waals surface area (Å²) in [5.41, 5.74) is 6.18. The summed E-state index contributed by atoms with van der Waals surface area (Å²) in [5, 5.41) is 0. The maximum Gasteiger partial charge on any atom is 0.0359 e. The van der Waals surface area contributed by atoms with Gasteiger partial charge in [-0.2, -0.15) is 0 Å². The Morgan fingerprint density at radius 1 is 1.00 bits per heavy atom. The van der Waals surface area contributed by atoms with Crippen molar-refractivity contribution in [1.82, 2.24) is 0 Å². The van der Waals surface area contributed by atoms with Crippen molar-refractivity contribution in [3.8, 4) is 0 Å². The largest absolute Gasteiger partial charge is 0.399 e. The lowest BCUT2D eigenvalue weighted by atomic mass is 10.3. The predicted octanol–water partition coefficient (Wildman–Crippen LogP) is 3.76. The predicted molar refractivity (Wildman–Crippen MR) is 63.6 cm³/mol. The molecule has 3 heteroatoms. The van der Waals surface area contributed by atoms with Crippen LogP contribution >= 0.6 is 23.2 Å². The molecule has 0 aliphatic carbocycles. The van der Waals surface area contributed by atoms with Crippen LogP contribution in [0.15, 0.2) is 30.3 Å². The lowest BCUT2D eigenvalue weighted by molar-refractivity contribution is 1.50. The van der Waals surface area contributed by atoms with E-state index in [0.717, 1.165) is 5.69 Å². The lowest BCUT2D eigenvalue weighted by Gasteiger charge is -1.83. The first kappa shape index (κ1) is 15.1. The average molecular weight is 222 g/mol. The van der Waals surface area contributed by atoms with Crippen molar-refractivity contribution >= 4 is 28.9 Å². The molecule has 0 heterocycles. The Morgan fingerprint density at radius 3 is 1.54 bits per heavy atom. The van der Waals surface area contributed by atoms with Gasteiger partial charge in [-0.1, -0.05) is 32.0 Å². The lowest BCUT2D eigenvalue weighted by Crippen LogP contribution is -1.79. The molecule has 1 aromatic carbocycles. The highest BCUT2D eigenvalue weighted by Crippen LogP contribution is 1.95. The zero-order valence-corrected chi connectivity index (χ0v) is 9.65. The SMILES string of the molecule is CC.ClCCCl.Nc1ccccc1. The van der Waals surface area contributed by atoms with Gasteiger partial charge in [0.15, 0.2) is 0 Å². The zero-order chi connectivity index (χ0) is 10.5. The third-order valence-corrected chi connectivity index (χ3v) is 1.44. The molecule has 1 nitrogen and oxygen atoms in total. The first-order valence-corrected chi connectivity index (χ1v) is 5.30. The molecule has 0 bridgehead atoms. The second kappa shape index (κ2) is 14.1. The van der Waals surface area contributed by atoms with Crippen molar-refractivity contribution in [2.24, 2.45) is 0 Å². The quantitative estimate of drug-likeness (QED) is 0.568. The van der Waals surface area contributed by atoms with Gasteiger partial charge in [0.05, 0.1) is 0 Å². The minimum Gasteiger partial charge on any atom is -0.399 e. The topological polar surface area (TPSA) is 26.0 Å². The van der Waals surface area contributed by atoms with Gasteiger partial charge in [0, 0.05) is 17.4 Å². The van der Waals surface area contributed by atoms with Gasteiger partial charge in [-0.25, -0.2) is 0 Å². The molecular weight excluding hydrogens is 205 g/mol. The maximum absolute atomic E-state index is 5.36. The summed E-state index contributed by atoms with van der Waals surface area (Å²) in [4.78, 5) is 0. The van der Waals surface area contributed by atoms with Gasteiger partial charge in [-0.05, 0) is 12.1 Å². The molecule has 76 valence electrons. The molecule has 0 spiro atoms. The summed E-state index contributed by atoms with van der Waals surface area (Å²) in [6.45, 7) is 4.00. The summed E-state index contributed by atoms with van der Waals surface area (Å²) in [7, 11) is 0. The average Bonchev–Trinajstić information content (AvgIpc) is 2.22. The number of alkyl halides is 2. The van der Waals surface area contributed by atoms with Crippen LogP contribution in [-0.2, 0) is 0 Å².